The van der Waals surface area contributed by atoms with Gasteiger partial charge in [0.15, 0.2) is 0 Å². The van der Waals surface area contributed by atoms with Crippen LogP contribution in [0.2, 0.25) is 5.05 Å². The Hall–Kier alpha value is 0.396. The van der Waals surface area contributed by atoms with E-state index in [0.717, 1.165) is 0 Å². The highest BCUT2D eigenvalue weighted by molar-refractivity contribution is 8.93. The first kappa shape index (κ1) is 10.4. The molecule has 1 aromatic carbocycles. The predicted molar refractivity (Wildman–Crippen MR) is 48.0 cm³/mol. The van der Waals surface area contributed by atoms with Crippen molar-refractivity contribution in [2.75, 3.05) is 0 Å². The second kappa shape index (κ2) is 5.10. The summed E-state index contributed by atoms with van der Waals surface area (Å²) in [6, 6.07) is 6.76. The summed E-state index contributed by atoms with van der Waals surface area (Å²) in [5, 5.41) is 2.19. The van der Waals surface area contributed by atoms with E-state index in [0.29, 0.717) is 0 Å². The molecule has 0 saturated carbocycles. The highest BCUT2D eigenvalue weighted by Crippen LogP contribution is 1.90. The van der Waals surface area contributed by atoms with E-state index in [9.17, 15) is 4.39 Å². The fraction of sp³-hybridized carbons (Fsp3) is 0.143. The van der Waals surface area contributed by atoms with Crippen LogP contribution in [0.15, 0.2) is 24.3 Å². The van der Waals surface area contributed by atoms with Gasteiger partial charge in [-0.05, 0) is 12.1 Å². The minimum Gasteiger partial charge on any atom is -0.207 e. The third-order valence-corrected chi connectivity index (χ3v) is 2.61. The van der Waals surface area contributed by atoms with E-state index in [1.165, 1.54) is 15.8 Å². The Morgan fingerprint density at radius 2 is 1.70 bits per heavy atom. The first-order valence-electron chi connectivity index (χ1n) is 3.07. The van der Waals surface area contributed by atoms with Gasteiger partial charge in [0.05, 0.1) is 0 Å². The maximum Gasteiger partial charge on any atom is 0.404 e. The molecule has 0 heterocycles. The molecule has 0 spiro atoms. The average molecular weight is 215 g/mol. The molecule has 0 aliphatic rings. The van der Waals surface area contributed by atoms with Crippen LogP contribution >= 0.6 is 17.0 Å². The van der Waals surface area contributed by atoms with Gasteiger partial charge in [-0.1, -0.05) is 12.1 Å². The van der Waals surface area contributed by atoms with Gasteiger partial charge in [-0.25, -0.2) is 4.39 Å². The van der Waals surface area contributed by atoms with Gasteiger partial charge in [0.25, 0.3) is 0 Å². The van der Waals surface area contributed by atoms with E-state index in [2.05, 4.69) is 5.05 Å². The van der Waals surface area contributed by atoms with Crippen LogP contribution in [0.25, 0.3) is 0 Å². The summed E-state index contributed by atoms with van der Waals surface area (Å²) in [7, 11) is 0. The van der Waals surface area contributed by atoms with Crippen molar-refractivity contribution in [2.45, 2.75) is 5.05 Å². The minimum absolute atomic E-state index is 0. The zero-order valence-electron chi connectivity index (χ0n) is 5.80. The van der Waals surface area contributed by atoms with Crippen LogP contribution in [0, 0.1) is 5.82 Å². The van der Waals surface area contributed by atoms with Crippen LogP contribution in [0.4, 0.5) is 4.39 Å². The Balaban J connectivity index is 0.000000810. The molecule has 0 amide bonds. The second-order valence-corrected chi connectivity index (χ2v) is 3.50. The van der Waals surface area contributed by atoms with Crippen molar-refractivity contribution in [3.8, 4) is 0 Å². The largest absolute Gasteiger partial charge is 0.404 e. The zero-order valence-corrected chi connectivity index (χ0v) is 8.93. The summed E-state index contributed by atoms with van der Waals surface area (Å²) >= 11 is -0.0914. The van der Waals surface area contributed by atoms with Crippen LogP contribution in [0.1, 0.15) is 0 Å². The molecule has 1 aromatic rings. The van der Waals surface area contributed by atoms with Crippen molar-refractivity contribution in [3.05, 3.63) is 30.1 Å². The lowest BCUT2D eigenvalue weighted by atomic mass is 10.3. The van der Waals surface area contributed by atoms with Gasteiger partial charge >= 0.3 is 20.4 Å². The van der Waals surface area contributed by atoms with E-state index in [1.54, 1.807) is 0 Å². The molecule has 0 saturated heterocycles. The number of halogens is 2. The molecule has 0 bridgehead atoms. The molecular formula is C7H8BrFMg. The maximum absolute atomic E-state index is 12.2. The summed E-state index contributed by atoms with van der Waals surface area (Å²) in [5.74, 6) is -0.138. The zero-order chi connectivity index (χ0) is 6.69. The van der Waals surface area contributed by atoms with Gasteiger partial charge in [0, 0.05) is 0 Å². The first-order chi connectivity index (χ1) is 4.33. The Morgan fingerprint density at radius 1 is 1.20 bits per heavy atom. The van der Waals surface area contributed by atoms with Crippen molar-refractivity contribution in [1.82, 2.24) is 0 Å². The van der Waals surface area contributed by atoms with E-state index >= 15 is 0 Å². The molecule has 0 radical (unpaired) electrons. The molecule has 0 nitrogen and oxygen atoms in total. The summed E-state index contributed by atoms with van der Waals surface area (Å²) in [5.41, 5.74) is 0. The van der Waals surface area contributed by atoms with E-state index < -0.39 is 0 Å². The molecule has 0 aliphatic carbocycles. The van der Waals surface area contributed by atoms with Crippen molar-refractivity contribution in [3.63, 3.8) is 0 Å². The summed E-state index contributed by atoms with van der Waals surface area (Å²) in [4.78, 5) is 0. The highest BCUT2D eigenvalue weighted by Gasteiger charge is 1.90. The summed E-state index contributed by atoms with van der Waals surface area (Å²) in [6.07, 6.45) is 0. The molecule has 0 N–H and O–H groups in total. The molecular weight excluding hydrogens is 207 g/mol. The first-order valence-corrected chi connectivity index (χ1v) is 5.19. The minimum atomic E-state index is -0.138. The van der Waals surface area contributed by atoms with Gasteiger partial charge in [-0.3, -0.25) is 0 Å². The van der Waals surface area contributed by atoms with Gasteiger partial charge in [-0.2, -0.15) is 3.69 Å². The fourth-order valence-electron chi connectivity index (χ4n) is 0.720. The Kier molecular flexibility index (Phi) is 5.30. The SMILES string of the molecule is Br.[CH3][Mg][c]1ccc(F)cc1. The number of benzene rings is 1. The Bertz CT molecular complexity index is 185. The van der Waals surface area contributed by atoms with Gasteiger partial charge < -0.3 is 0 Å². The molecule has 1 rings (SSSR count). The molecule has 0 aliphatic heterocycles. The monoisotopic (exact) mass is 214 g/mol. The standard InChI is InChI=1S/C6H4F.CH3.BrH.Mg/c7-6-4-2-1-3-5-6;;;/h2-5H;1H3;1H;. The van der Waals surface area contributed by atoms with Crippen LogP contribution in [-0.2, 0) is 0 Å². The topological polar surface area (TPSA) is 0 Å². The van der Waals surface area contributed by atoms with Gasteiger partial charge in [0.2, 0.25) is 0 Å². The lowest BCUT2D eigenvalue weighted by Crippen LogP contribution is -2.08. The maximum atomic E-state index is 12.2. The van der Waals surface area contributed by atoms with Crippen LogP contribution in [0.3, 0.4) is 0 Å². The number of rotatable bonds is 1. The Labute approximate surface area is 80.3 Å². The van der Waals surface area contributed by atoms with E-state index in [4.69, 9.17) is 0 Å². The van der Waals surface area contributed by atoms with Crippen molar-refractivity contribution in [2.24, 2.45) is 0 Å². The molecule has 0 unspecified atom stereocenters. The van der Waals surface area contributed by atoms with Gasteiger partial charge in [-0.15, -0.1) is 22.0 Å². The third-order valence-electron chi connectivity index (χ3n) is 1.32. The average Bonchev–Trinajstić information content (AvgIpc) is 1.90. The normalized spacial score (nSPS) is 7.80. The highest BCUT2D eigenvalue weighted by atomic mass is 79.9. The molecule has 0 atom stereocenters. The lowest BCUT2D eigenvalue weighted by molar-refractivity contribution is 0.628. The number of hydrogen-bond acceptors (Lipinski definition) is 0. The third kappa shape index (κ3) is 2.99. The molecule has 0 aromatic heterocycles. The molecule has 0 fully saturated rings. The quantitative estimate of drug-likeness (QED) is 0.627. The Morgan fingerprint density at radius 3 is 2.10 bits per heavy atom. The number of hydrogen-bond donors (Lipinski definition) is 0. The molecule has 10 heavy (non-hydrogen) atoms. The summed E-state index contributed by atoms with van der Waals surface area (Å²) < 4.78 is 13.6. The van der Waals surface area contributed by atoms with Crippen LogP contribution < -0.4 is 3.69 Å². The van der Waals surface area contributed by atoms with Crippen molar-refractivity contribution in [1.29, 1.82) is 0 Å². The van der Waals surface area contributed by atoms with Crippen molar-refractivity contribution < 1.29 is 4.39 Å². The van der Waals surface area contributed by atoms with E-state index in [1.807, 2.05) is 12.1 Å². The van der Waals surface area contributed by atoms with Crippen LogP contribution in [-0.4, -0.2) is 20.4 Å². The van der Waals surface area contributed by atoms with Crippen molar-refractivity contribution >= 4 is 41.0 Å². The lowest BCUT2D eigenvalue weighted by Gasteiger charge is -1.91. The molecule has 52 valence electrons. The summed E-state index contributed by atoms with van der Waals surface area (Å²) in [6.45, 7) is 0. The molecule has 3 heteroatoms. The smallest absolute Gasteiger partial charge is 0.207 e. The second-order valence-electron chi connectivity index (χ2n) is 1.98. The van der Waals surface area contributed by atoms with E-state index in [-0.39, 0.29) is 43.2 Å². The van der Waals surface area contributed by atoms with Crippen LogP contribution in [0.5, 0.6) is 0 Å². The van der Waals surface area contributed by atoms with Gasteiger partial charge in [0.1, 0.15) is 5.82 Å². The predicted octanol–water partition coefficient (Wildman–Crippen LogP) is 1.78. The fourth-order valence-corrected chi connectivity index (χ4v) is 1.43.